The van der Waals surface area contributed by atoms with Gasteiger partial charge in [-0.1, -0.05) is 48.2 Å². The number of carbonyl (C=O) groups excluding carboxylic acids is 2. The highest BCUT2D eigenvalue weighted by atomic mass is 32.2. The second-order valence-corrected chi connectivity index (χ2v) is 11.4. The monoisotopic (exact) mass is 591 g/mol. The normalized spacial score (nSPS) is 15.9. The molecule has 7 nitrogen and oxygen atoms in total. The molecule has 1 saturated heterocycles. The van der Waals surface area contributed by atoms with Gasteiger partial charge < -0.3 is 14.8 Å². The zero-order valence-corrected chi connectivity index (χ0v) is 22.6. The molecule has 2 aliphatic heterocycles. The molecular weight excluding hydrogens is 571 g/mol. The van der Waals surface area contributed by atoms with E-state index in [0.717, 1.165) is 22.6 Å². The van der Waals surface area contributed by atoms with Crippen molar-refractivity contribution in [3.05, 3.63) is 75.1 Å². The summed E-state index contributed by atoms with van der Waals surface area (Å²) in [4.78, 5) is 32.1. The smallest absolute Gasteiger partial charge is 0.416 e. The van der Waals surface area contributed by atoms with Crippen LogP contribution in [0.3, 0.4) is 0 Å². The van der Waals surface area contributed by atoms with Gasteiger partial charge in [-0.2, -0.15) is 13.2 Å². The second kappa shape index (κ2) is 11.4. The van der Waals surface area contributed by atoms with Crippen molar-refractivity contribution in [1.29, 1.82) is 0 Å². The van der Waals surface area contributed by atoms with Crippen LogP contribution in [0.15, 0.2) is 53.6 Å². The summed E-state index contributed by atoms with van der Waals surface area (Å²) in [5.74, 6) is 0.773. The molecule has 0 saturated carbocycles. The van der Waals surface area contributed by atoms with Crippen LogP contribution < -0.4 is 14.8 Å². The molecule has 2 amide bonds. The minimum absolute atomic E-state index is 0.140. The average molecular weight is 592 g/mol. The Labute approximate surface area is 235 Å². The van der Waals surface area contributed by atoms with Crippen LogP contribution in [0.25, 0.3) is 6.08 Å². The number of hydrogen-bond donors (Lipinski definition) is 1. The molecule has 3 heterocycles. The van der Waals surface area contributed by atoms with E-state index in [0.29, 0.717) is 37.8 Å². The summed E-state index contributed by atoms with van der Waals surface area (Å²) in [6.07, 6.45) is -0.332. The van der Waals surface area contributed by atoms with E-state index in [1.165, 1.54) is 40.3 Å². The Morgan fingerprint density at radius 3 is 2.82 bits per heavy atom. The molecule has 202 valence electrons. The van der Waals surface area contributed by atoms with E-state index in [2.05, 4.69) is 10.3 Å². The quantitative estimate of drug-likeness (QED) is 0.250. The van der Waals surface area contributed by atoms with Crippen LogP contribution in [0, 0.1) is 0 Å². The molecule has 0 bridgehead atoms. The van der Waals surface area contributed by atoms with Crippen molar-refractivity contribution < 1.29 is 32.2 Å². The largest absolute Gasteiger partial charge is 0.454 e. The van der Waals surface area contributed by atoms with Crippen molar-refractivity contribution in [3.8, 4) is 11.5 Å². The molecule has 0 atom stereocenters. The van der Waals surface area contributed by atoms with Crippen LogP contribution in [-0.4, -0.2) is 39.4 Å². The summed E-state index contributed by atoms with van der Waals surface area (Å²) < 4.78 is 49.9. The lowest BCUT2D eigenvalue weighted by Gasteiger charge is -2.13. The van der Waals surface area contributed by atoms with Gasteiger partial charge in [-0.15, -0.1) is 11.3 Å². The van der Waals surface area contributed by atoms with E-state index in [9.17, 15) is 22.8 Å². The minimum atomic E-state index is -4.41. The summed E-state index contributed by atoms with van der Waals surface area (Å²) >= 11 is 7.77. The fourth-order valence-corrected chi connectivity index (χ4v) is 6.10. The van der Waals surface area contributed by atoms with Gasteiger partial charge in [0.25, 0.3) is 5.91 Å². The Bertz CT molecular complexity index is 1470. The maximum absolute atomic E-state index is 12.9. The van der Waals surface area contributed by atoms with E-state index in [4.69, 9.17) is 21.7 Å². The van der Waals surface area contributed by atoms with Gasteiger partial charge in [0.1, 0.15) is 4.32 Å². The number of thioether (sulfide) groups is 1. The lowest BCUT2D eigenvalue weighted by atomic mass is 10.1. The number of anilines is 1. The highest BCUT2D eigenvalue weighted by Gasteiger charge is 2.32. The zero-order chi connectivity index (χ0) is 27.6. The Balaban J connectivity index is 1.10. The number of nitrogens with zero attached hydrogens (tertiary/aromatic N) is 2. The van der Waals surface area contributed by atoms with Crippen molar-refractivity contribution in [1.82, 2.24) is 9.88 Å². The molecule has 3 aromatic rings. The third kappa shape index (κ3) is 6.60. The van der Waals surface area contributed by atoms with Crippen molar-refractivity contribution in [2.75, 3.05) is 18.7 Å². The van der Waals surface area contributed by atoms with E-state index in [1.807, 2.05) is 6.07 Å². The number of benzene rings is 2. The van der Waals surface area contributed by atoms with E-state index in [-0.39, 0.29) is 38.0 Å². The summed E-state index contributed by atoms with van der Waals surface area (Å²) in [5.41, 5.74) is 0.584. The number of nitrogens with one attached hydrogen (secondary N) is 1. The van der Waals surface area contributed by atoms with Crippen LogP contribution in [0.5, 0.6) is 11.5 Å². The molecule has 1 fully saturated rings. The predicted molar refractivity (Wildman–Crippen MR) is 147 cm³/mol. The number of ether oxygens (including phenoxy) is 2. The van der Waals surface area contributed by atoms with Crippen LogP contribution in [-0.2, 0) is 22.2 Å². The van der Waals surface area contributed by atoms with Gasteiger partial charge >= 0.3 is 6.18 Å². The van der Waals surface area contributed by atoms with Gasteiger partial charge in [-0.05, 0) is 41.8 Å². The number of thiocarbonyl (C=S) groups is 1. The van der Waals surface area contributed by atoms with Crippen molar-refractivity contribution in [2.24, 2.45) is 0 Å². The Hall–Kier alpha value is -3.42. The standard InChI is InChI=1S/C26H20F3N3O4S3/c27-26(28,29)17-4-1-3-15(9-17)10-18-13-30-24(38-18)31-22(33)5-2-8-32-23(34)21(39-25(32)37)12-16-6-7-19-20(11-16)36-14-35-19/h1,3-4,6-7,9,11-13H,2,5,8,10,14H2,(H,30,31,33)/b21-12-. The SMILES string of the molecule is O=C(CCCN1C(=O)/C(=C/c2ccc3c(c2)OCO3)SC1=S)Nc1ncc(Cc2cccc(C(F)(F)F)c2)s1. The molecule has 2 aliphatic rings. The molecule has 2 aromatic carbocycles. The third-order valence-corrected chi connectivity index (χ3v) is 8.08. The van der Waals surface area contributed by atoms with Gasteiger partial charge in [0.15, 0.2) is 16.6 Å². The predicted octanol–water partition coefficient (Wildman–Crippen LogP) is 6.10. The molecule has 5 rings (SSSR count). The third-order valence-electron chi connectivity index (χ3n) is 5.79. The van der Waals surface area contributed by atoms with Gasteiger partial charge in [0, 0.05) is 30.5 Å². The van der Waals surface area contributed by atoms with Crippen molar-refractivity contribution in [3.63, 3.8) is 0 Å². The van der Waals surface area contributed by atoms with Gasteiger partial charge in [0.05, 0.1) is 10.5 Å². The maximum atomic E-state index is 12.9. The summed E-state index contributed by atoms with van der Waals surface area (Å²) in [7, 11) is 0. The summed E-state index contributed by atoms with van der Waals surface area (Å²) in [6, 6.07) is 10.5. The maximum Gasteiger partial charge on any atom is 0.416 e. The van der Waals surface area contributed by atoms with Crippen LogP contribution >= 0.6 is 35.3 Å². The molecule has 13 heteroatoms. The summed E-state index contributed by atoms with van der Waals surface area (Å²) in [6.45, 7) is 0.452. The number of hydrogen-bond acceptors (Lipinski definition) is 8. The van der Waals surface area contributed by atoms with Crippen LogP contribution in [0.1, 0.15) is 34.4 Å². The molecule has 0 spiro atoms. The Kier molecular flexibility index (Phi) is 7.91. The fourth-order valence-electron chi connectivity index (χ4n) is 3.93. The number of carbonyl (C=O) groups is 2. The van der Waals surface area contributed by atoms with E-state index >= 15 is 0 Å². The van der Waals surface area contributed by atoms with Crippen molar-refractivity contribution >= 4 is 62.7 Å². The first kappa shape index (κ1) is 27.2. The molecule has 1 N–H and O–H groups in total. The lowest BCUT2D eigenvalue weighted by molar-refractivity contribution is -0.137. The van der Waals surface area contributed by atoms with Gasteiger partial charge in [-0.25, -0.2) is 4.98 Å². The first-order chi connectivity index (χ1) is 18.7. The molecule has 1 aromatic heterocycles. The fraction of sp³-hybridized carbons (Fsp3) is 0.231. The lowest BCUT2D eigenvalue weighted by Crippen LogP contribution is -2.29. The molecule has 0 aliphatic carbocycles. The Morgan fingerprint density at radius 2 is 2.00 bits per heavy atom. The molecule has 0 unspecified atom stereocenters. The number of aromatic nitrogens is 1. The Morgan fingerprint density at radius 1 is 1.18 bits per heavy atom. The van der Waals surface area contributed by atoms with E-state index < -0.39 is 11.7 Å². The number of rotatable bonds is 8. The molecule has 0 radical (unpaired) electrons. The highest BCUT2D eigenvalue weighted by molar-refractivity contribution is 8.26. The zero-order valence-electron chi connectivity index (χ0n) is 20.1. The number of fused-ring (bicyclic) bond motifs is 1. The number of alkyl halides is 3. The first-order valence-electron chi connectivity index (χ1n) is 11.7. The average Bonchev–Trinajstić information content (AvgIpc) is 3.60. The van der Waals surface area contributed by atoms with Crippen LogP contribution in [0.4, 0.5) is 18.3 Å². The van der Waals surface area contributed by atoms with Gasteiger partial charge in [0.2, 0.25) is 12.7 Å². The highest BCUT2D eigenvalue weighted by Crippen LogP contribution is 2.36. The molecular formula is C26H20F3N3O4S3. The van der Waals surface area contributed by atoms with E-state index in [1.54, 1.807) is 24.3 Å². The first-order valence-corrected chi connectivity index (χ1v) is 13.8. The number of thiazole rings is 1. The summed E-state index contributed by atoms with van der Waals surface area (Å²) in [5, 5.41) is 3.07. The number of halogens is 3. The topological polar surface area (TPSA) is 80.8 Å². The van der Waals surface area contributed by atoms with Gasteiger partial charge in [-0.3, -0.25) is 14.5 Å². The van der Waals surface area contributed by atoms with Crippen molar-refractivity contribution in [2.45, 2.75) is 25.4 Å². The molecule has 39 heavy (non-hydrogen) atoms. The number of amides is 2. The second-order valence-electron chi connectivity index (χ2n) is 8.60. The van der Waals surface area contributed by atoms with Crippen LogP contribution in [0.2, 0.25) is 0 Å². The minimum Gasteiger partial charge on any atom is -0.454 e.